The summed E-state index contributed by atoms with van der Waals surface area (Å²) in [6.45, 7) is 0.455. The predicted molar refractivity (Wildman–Crippen MR) is 74.5 cm³/mol. The maximum Gasteiger partial charge on any atom is 0.354 e. The highest BCUT2D eigenvalue weighted by Gasteiger charge is 2.16. The molecule has 1 aromatic rings. The van der Waals surface area contributed by atoms with Gasteiger partial charge in [0.2, 0.25) is 5.95 Å². The highest BCUT2D eigenvalue weighted by Crippen LogP contribution is 2.18. The van der Waals surface area contributed by atoms with Crippen LogP contribution < -0.4 is 16.3 Å². The molecule has 0 saturated heterocycles. The predicted octanol–water partition coefficient (Wildman–Crippen LogP) is 0.364. The first kappa shape index (κ1) is 13.6. The van der Waals surface area contributed by atoms with Crippen LogP contribution in [0.3, 0.4) is 0 Å². The van der Waals surface area contributed by atoms with E-state index in [0.29, 0.717) is 18.4 Å². The average molecular weight is 264 g/mol. The lowest BCUT2D eigenvalue weighted by Crippen LogP contribution is -2.44. The fourth-order valence-corrected chi connectivity index (χ4v) is 2.41. The minimum absolute atomic E-state index is 0.293. The van der Waals surface area contributed by atoms with E-state index in [1.54, 1.807) is 26.0 Å². The van der Waals surface area contributed by atoms with Gasteiger partial charge in [0.25, 0.3) is 0 Å². The van der Waals surface area contributed by atoms with Crippen LogP contribution in [0.2, 0.25) is 0 Å². The summed E-state index contributed by atoms with van der Waals surface area (Å²) in [5, 5.41) is 0. The molecule has 6 nitrogen and oxygen atoms in total. The number of rotatable bonds is 3. The average Bonchev–Trinajstić information content (AvgIpc) is 2.40. The van der Waals surface area contributed by atoms with Crippen LogP contribution in [0, 0.1) is 5.92 Å². The summed E-state index contributed by atoms with van der Waals surface area (Å²) >= 11 is 0. The Morgan fingerprint density at radius 1 is 1.37 bits per heavy atom. The summed E-state index contributed by atoms with van der Waals surface area (Å²) < 4.78 is 2.66. The smallest absolute Gasteiger partial charge is 0.348 e. The van der Waals surface area contributed by atoms with Crippen LogP contribution in [0.25, 0.3) is 0 Å². The molecule has 1 aromatic heterocycles. The highest BCUT2D eigenvalue weighted by molar-refractivity contribution is 5.25. The van der Waals surface area contributed by atoms with Crippen molar-refractivity contribution in [3.8, 4) is 0 Å². The van der Waals surface area contributed by atoms with Gasteiger partial charge in [-0.25, -0.2) is 14.2 Å². The summed E-state index contributed by atoms with van der Waals surface area (Å²) in [7, 11) is 5.16. The Morgan fingerprint density at radius 3 is 2.68 bits per heavy atom. The molecular formula is C13H20N4O2. The van der Waals surface area contributed by atoms with Gasteiger partial charge >= 0.3 is 11.4 Å². The van der Waals surface area contributed by atoms with Crippen molar-refractivity contribution in [2.45, 2.75) is 25.8 Å². The molecule has 0 aromatic carbocycles. The Bertz CT molecular complexity index is 598. The summed E-state index contributed by atoms with van der Waals surface area (Å²) in [6.07, 6.45) is 7.21. The molecule has 0 spiro atoms. The second-order valence-corrected chi connectivity index (χ2v) is 5.19. The third-order valence-electron chi connectivity index (χ3n) is 3.46. The number of hydrogen-bond acceptors (Lipinski definition) is 4. The Labute approximate surface area is 112 Å². The Kier molecular flexibility index (Phi) is 3.87. The van der Waals surface area contributed by atoms with Crippen molar-refractivity contribution in [2.24, 2.45) is 13.0 Å². The number of nitrogens with zero attached hydrogens (tertiary/aromatic N) is 4. The van der Waals surface area contributed by atoms with E-state index in [0.717, 1.165) is 19.3 Å². The summed E-state index contributed by atoms with van der Waals surface area (Å²) in [6, 6.07) is 0. The molecule has 6 heteroatoms. The normalized spacial score (nSPS) is 18.6. The van der Waals surface area contributed by atoms with Gasteiger partial charge < -0.3 is 4.90 Å². The zero-order valence-corrected chi connectivity index (χ0v) is 11.7. The fraction of sp³-hybridized carbons (Fsp3) is 0.615. The van der Waals surface area contributed by atoms with Gasteiger partial charge in [0, 0.05) is 27.7 Å². The standard InChI is InChI=1S/C13H20N4O2/c1-15(2)11-14-12(18)17(13(19)16(11)3)9-10-7-5-4-6-8-10/h4-5,10H,6-9H2,1-3H3. The van der Waals surface area contributed by atoms with E-state index in [4.69, 9.17) is 0 Å². The first-order valence-corrected chi connectivity index (χ1v) is 6.51. The van der Waals surface area contributed by atoms with Gasteiger partial charge in [0.05, 0.1) is 0 Å². The Balaban J connectivity index is 2.36. The summed E-state index contributed by atoms with van der Waals surface area (Å²) in [5.41, 5.74) is -0.750. The lowest BCUT2D eigenvalue weighted by Gasteiger charge is -2.20. The number of aromatic nitrogens is 3. The highest BCUT2D eigenvalue weighted by atomic mass is 16.2. The maximum absolute atomic E-state index is 12.2. The second-order valence-electron chi connectivity index (χ2n) is 5.19. The molecular weight excluding hydrogens is 244 g/mol. The second kappa shape index (κ2) is 5.42. The molecule has 1 atom stereocenters. The van der Waals surface area contributed by atoms with Crippen molar-refractivity contribution in [1.29, 1.82) is 0 Å². The van der Waals surface area contributed by atoms with E-state index in [1.807, 2.05) is 0 Å². The zero-order chi connectivity index (χ0) is 14.0. The van der Waals surface area contributed by atoms with Crippen molar-refractivity contribution in [1.82, 2.24) is 14.1 Å². The van der Waals surface area contributed by atoms with Crippen molar-refractivity contribution >= 4 is 5.95 Å². The van der Waals surface area contributed by atoms with E-state index in [1.165, 1.54) is 9.13 Å². The van der Waals surface area contributed by atoms with Crippen LogP contribution in [0.1, 0.15) is 19.3 Å². The van der Waals surface area contributed by atoms with Gasteiger partial charge in [-0.05, 0) is 25.2 Å². The van der Waals surface area contributed by atoms with Crippen LogP contribution in [0.5, 0.6) is 0 Å². The molecule has 19 heavy (non-hydrogen) atoms. The topological polar surface area (TPSA) is 60.1 Å². The van der Waals surface area contributed by atoms with Crippen LogP contribution in [-0.2, 0) is 13.6 Å². The molecule has 1 aliphatic carbocycles. The van der Waals surface area contributed by atoms with Gasteiger partial charge in [-0.2, -0.15) is 4.98 Å². The van der Waals surface area contributed by atoms with Crippen LogP contribution in [-0.4, -0.2) is 28.2 Å². The zero-order valence-electron chi connectivity index (χ0n) is 11.7. The lowest BCUT2D eigenvalue weighted by molar-refractivity contribution is 0.384. The number of hydrogen-bond donors (Lipinski definition) is 0. The van der Waals surface area contributed by atoms with E-state index in [-0.39, 0.29) is 5.69 Å². The molecule has 104 valence electrons. The molecule has 0 amide bonds. The first-order chi connectivity index (χ1) is 9.00. The Morgan fingerprint density at radius 2 is 2.11 bits per heavy atom. The van der Waals surface area contributed by atoms with Crippen molar-refractivity contribution in [3.05, 3.63) is 33.1 Å². The van der Waals surface area contributed by atoms with Crippen LogP contribution in [0.15, 0.2) is 21.7 Å². The van der Waals surface area contributed by atoms with Gasteiger partial charge in [-0.1, -0.05) is 12.2 Å². The molecule has 1 unspecified atom stereocenters. The molecule has 0 saturated carbocycles. The number of allylic oxidation sites excluding steroid dienone is 2. The molecule has 0 N–H and O–H groups in total. The summed E-state index contributed by atoms with van der Waals surface area (Å²) in [5.74, 6) is 0.734. The van der Waals surface area contributed by atoms with Gasteiger partial charge in [0.1, 0.15) is 0 Å². The molecule has 0 fully saturated rings. The van der Waals surface area contributed by atoms with Crippen LogP contribution in [0.4, 0.5) is 5.95 Å². The van der Waals surface area contributed by atoms with E-state index in [2.05, 4.69) is 17.1 Å². The SMILES string of the molecule is CN(C)c1nc(=O)n(CC2CC=CCC2)c(=O)n1C. The first-order valence-electron chi connectivity index (χ1n) is 6.51. The van der Waals surface area contributed by atoms with E-state index < -0.39 is 5.69 Å². The third-order valence-corrected chi connectivity index (χ3v) is 3.46. The lowest BCUT2D eigenvalue weighted by atomic mass is 9.94. The van der Waals surface area contributed by atoms with Gasteiger partial charge in [0.15, 0.2) is 0 Å². The molecule has 1 aliphatic rings. The van der Waals surface area contributed by atoms with E-state index >= 15 is 0 Å². The van der Waals surface area contributed by atoms with Gasteiger partial charge in [-0.15, -0.1) is 0 Å². The van der Waals surface area contributed by atoms with Gasteiger partial charge in [-0.3, -0.25) is 4.57 Å². The number of anilines is 1. The molecule has 2 rings (SSSR count). The minimum atomic E-state index is -0.457. The fourth-order valence-electron chi connectivity index (χ4n) is 2.41. The van der Waals surface area contributed by atoms with Crippen molar-refractivity contribution < 1.29 is 0 Å². The minimum Gasteiger partial charge on any atom is -0.348 e. The monoisotopic (exact) mass is 264 g/mol. The molecule has 0 radical (unpaired) electrons. The third kappa shape index (κ3) is 2.77. The van der Waals surface area contributed by atoms with E-state index in [9.17, 15) is 9.59 Å². The quantitative estimate of drug-likeness (QED) is 0.740. The maximum atomic E-state index is 12.2. The van der Waals surface area contributed by atoms with Crippen LogP contribution >= 0.6 is 0 Å². The van der Waals surface area contributed by atoms with Crippen molar-refractivity contribution in [3.63, 3.8) is 0 Å². The van der Waals surface area contributed by atoms with Crippen molar-refractivity contribution in [2.75, 3.05) is 19.0 Å². The molecule has 1 heterocycles. The molecule has 0 aliphatic heterocycles. The summed E-state index contributed by atoms with van der Waals surface area (Å²) in [4.78, 5) is 29.9. The largest absolute Gasteiger partial charge is 0.354 e. The Hall–Kier alpha value is -1.85. The molecule has 0 bridgehead atoms.